The molecule has 1 aliphatic rings. The molecule has 2 heterocycles. The lowest BCUT2D eigenvalue weighted by atomic mass is 9.80. The van der Waals surface area contributed by atoms with Gasteiger partial charge in [0.05, 0.1) is 24.4 Å². The lowest BCUT2D eigenvalue weighted by Gasteiger charge is -2.15. The van der Waals surface area contributed by atoms with E-state index >= 15 is 0 Å². The number of nitrogens with zero attached hydrogens (tertiary/aromatic N) is 4. The van der Waals surface area contributed by atoms with Crippen LogP contribution >= 0.6 is 11.6 Å². The number of benzene rings is 3. The number of hydrogen-bond donors (Lipinski definition) is 4. The largest absolute Gasteiger partial charge is 0.494 e. The van der Waals surface area contributed by atoms with E-state index in [2.05, 4.69) is 20.8 Å². The minimum absolute atomic E-state index is 0.105. The van der Waals surface area contributed by atoms with Gasteiger partial charge in [-0.15, -0.1) is 10.2 Å². The van der Waals surface area contributed by atoms with Crippen LogP contribution in [0, 0.1) is 6.92 Å². The van der Waals surface area contributed by atoms with Gasteiger partial charge in [-0.25, -0.2) is 0 Å². The van der Waals surface area contributed by atoms with Crippen LogP contribution in [-0.2, 0) is 9.59 Å². The zero-order valence-corrected chi connectivity index (χ0v) is 25.1. The van der Waals surface area contributed by atoms with Gasteiger partial charge in [0.25, 0.3) is 0 Å². The highest BCUT2D eigenvalue weighted by Gasteiger charge is 2.30. The molecule has 1 aliphatic heterocycles. The molecule has 3 aromatic carbocycles. The first-order valence-corrected chi connectivity index (χ1v) is 14.7. The third-order valence-electron chi connectivity index (χ3n) is 7.05. The summed E-state index contributed by atoms with van der Waals surface area (Å²) in [5, 5.41) is 33.6. The van der Waals surface area contributed by atoms with Crippen LogP contribution in [0.4, 0.5) is 5.69 Å². The number of aliphatic imine (C=N–C) groups is 1. The SMILES string of the molecule is CCNC(=O)CC1N=C(c2ccc(Cl)cc2)c2cc(OCCCC(=O)Nc3cccc(B(O)O)c3)ccc2-n2c(C)nnc21. The lowest BCUT2D eigenvalue weighted by molar-refractivity contribution is -0.121. The number of carbonyl (C=O) groups is 2. The molecular formula is C31H32BClN6O5. The fourth-order valence-corrected chi connectivity index (χ4v) is 5.13. The molecule has 0 radical (unpaired) electrons. The van der Waals surface area contributed by atoms with E-state index < -0.39 is 13.2 Å². The highest BCUT2D eigenvalue weighted by atomic mass is 35.5. The monoisotopic (exact) mass is 614 g/mol. The highest BCUT2D eigenvalue weighted by molar-refractivity contribution is 6.58. The third-order valence-corrected chi connectivity index (χ3v) is 7.30. The molecule has 0 aliphatic carbocycles. The van der Waals surface area contributed by atoms with Crippen LogP contribution < -0.4 is 20.8 Å². The van der Waals surface area contributed by atoms with E-state index in [0.29, 0.717) is 52.2 Å². The molecule has 1 unspecified atom stereocenters. The molecule has 0 saturated heterocycles. The first kappa shape index (κ1) is 30.9. The van der Waals surface area contributed by atoms with Crippen LogP contribution in [0.5, 0.6) is 5.75 Å². The molecule has 2 amide bonds. The van der Waals surface area contributed by atoms with Crippen molar-refractivity contribution in [3.8, 4) is 11.4 Å². The van der Waals surface area contributed by atoms with Crippen molar-refractivity contribution in [2.45, 2.75) is 39.2 Å². The number of anilines is 1. The smallest absolute Gasteiger partial charge is 0.488 e. The number of rotatable bonds is 11. The first-order valence-electron chi connectivity index (χ1n) is 14.3. The second kappa shape index (κ2) is 13.9. The van der Waals surface area contributed by atoms with Crippen LogP contribution in [0.2, 0.25) is 5.02 Å². The molecular weight excluding hydrogens is 583 g/mol. The molecule has 11 nitrogen and oxygen atoms in total. The van der Waals surface area contributed by atoms with Gasteiger partial charge in [0, 0.05) is 34.8 Å². The molecule has 1 atom stereocenters. The third kappa shape index (κ3) is 7.16. The van der Waals surface area contributed by atoms with Crippen molar-refractivity contribution >= 4 is 47.4 Å². The van der Waals surface area contributed by atoms with Crippen molar-refractivity contribution in [2.24, 2.45) is 4.99 Å². The van der Waals surface area contributed by atoms with Gasteiger partial charge in [0.1, 0.15) is 17.6 Å². The average Bonchev–Trinajstić information content (AvgIpc) is 3.33. The molecule has 226 valence electrons. The molecule has 0 saturated carbocycles. The van der Waals surface area contributed by atoms with E-state index in [1.807, 2.05) is 48.7 Å². The summed E-state index contributed by atoms with van der Waals surface area (Å²) in [5.74, 6) is 1.46. The Morgan fingerprint density at radius 1 is 1.05 bits per heavy atom. The number of carbonyl (C=O) groups excluding carboxylic acids is 2. The van der Waals surface area contributed by atoms with Gasteiger partial charge >= 0.3 is 7.12 Å². The van der Waals surface area contributed by atoms with Crippen molar-refractivity contribution in [1.29, 1.82) is 0 Å². The number of amides is 2. The molecule has 4 N–H and O–H groups in total. The maximum Gasteiger partial charge on any atom is 0.488 e. The van der Waals surface area contributed by atoms with E-state index in [1.54, 1.807) is 30.3 Å². The predicted octanol–water partition coefficient (Wildman–Crippen LogP) is 3.12. The van der Waals surface area contributed by atoms with E-state index in [-0.39, 0.29) is 31.3 Å². The zero-order valence-electron chi connectivity index (χ0n) is 24.3. The lowest BCUT2D eigenvalue weighted by Crippen LogP contribution is -2.30. The minimum Gasteiger partial charge on any atom is -0.494 e. The summed E-state index contributed by atoms with van der Waals surface area (Å²) in [6.07, 6.45) is 0.763. The Labute approximate surface area is 260 Å². The van der Waals surface area contributed by atoms with E-state index in [4.69, 9.17) is 21.3 Å². The van der Waals surface area contributed by atoms with Crippen molar-refractivity contribution in [2.75, 3.05) is 18.5 Å². The molecule has 1 aromatic heterocycles. The van der Waals surface area contributed by atoms with Crippen molar-refractivity contribution in [1.82, 2.24) is 20.1 Å². The van der Waals surface area contributed by atoms with E-state index in [0.717, 1.165) is 16.8 Å². The second-order valence-corrected chi connectivity index (χ2v) is 10.7. The second-order valence-electron chi connectivity index (χ2n) is 10.3. The van der Waals surface area contributed by atoms with Crippen LogP contribution in [0.3, 0.4) is 0 Å². The van der Waals surface area contributed by atoms with Crippen molar-refractivity contribution in [3.63, 3.8) is 0 Å². The fourth-order valence-electron chi connectivity index (χ4n) is 5.01. The number of aryl methyl sites for hydroxylation is 1. The van der Waals surface area contributed by atoms with Gasteiger partial charge in [-0.3, -0.25) is 19.1 Å². The molecule has 0 spiro atoms. The van der Waals surface area contributed by atoms with Gasteiger partial charge in [-0.05, 0) is 68.2 Å². The maximum atomic E-state index is 12.7. The average molecular weight is 615 g/mol. The van der Waals surface area contributed by atoms with Gasteiger partial charge in [0.15, 0.2) is 5.82 Å². The summed E-state index contributed by atoms with van der Waals surface area (Å²) in [6, 6.07) is 18.8. The molecule has 13 heteroatoms. The standard InChI is InChI=1S/C31H32BClN6O5/c1-3-34-29(41)18-26-31-38-37-19(2)39(31)27-14-13-24(17-25(27)30(36-26)20-9-11-22(33)12-10-20)44-15-5-8-28(40)35-23-7-4-6-21(16-23)32(42)43/h4,6-7,9-14,16-17,26,42-43H,3,5,8,15,18H2,1-2H3,(H,34,41)(H,35,40). The molecule has 5 rings (SSSR count). The number of aromatic nitrogens is 3. The Balaban J connectivity index is 1.37. The number of fused-ring (bicyclic) bond motifs is 3. The normalized spacial score (nSPS) is 13.7. The Morgan fingerprint density at radius 2 is 1.84 bits per heavy atom. The number of hydrogen-bond acceptors (Lipinski definition) is 8. The quantitative estimate of drug-likeness (QED) is 0.150. The van der Waals surface area contributed by atoms with E-state index in [9.17, 15) is 19.6 Å². The maximum absolute atomic E-state index is 12.7. The Morgan fingerprint density at radius 3 is 2.59 bits per heavy atom. The highest BCUT2D eigenvalue weighted by Crippen LogP contribution is 2.34. The summed E-state index contributed by atoms with van der Waals surface area (Å²) in [7, 11) is -1.61. The molecule has 44 heavy (non-hydrogen) atoms. The first-order chi connectivity index (χ1) is 21.2. The fraction of sp³-hybridized carbons (Fsp3) is 0.258. The predicted molar refractivity (Wildman–Crippen MR) is 169 cm³/mol. The molecule has 0 bridgehead atoms. The summed E-state index contributed by atoms with van der Waals surface area (Å²) in [5.41, 5.74) is 3.83. The minimum atomic E-state index is -1.61. The van der Waals surface area contributed by atoms with Gasteiger partial charge in [-0.1, -0.05) is 35.9 Å². The van der Waals surface area contributed by atoms with Crippen LogP contribution in [0.15, 0.2) is 71.7 Å². The Hall–Kier alpha value is -4.52. The van der Waals surface area contributed by atoms with Gasteiger partial charge < -0.3 is 25.4 Å². The topological polar surface area (TPSA) is 151 Å². The Bertz CT molecular complexity index is 1690. The molecule has 4 aromatic rings. The summed E-state index contributed by atoms with van der Waals surface area (Å²) in [4.78, 5) is 30.2. The van der Waals surface area contributed by atoms with Crippen LogP contribution in [0.1, 0.15) is 55.0 Å². The summed E-state index contributed by atoms with van der Waals surface area (Å²) >= 11 is 6.19. The number of halogens is 1. The van der Waals surface area contributed by atoms with Gasteiger partial charge in [0.2, 0.25) is 11.8 Å². The number of ether oxygens (including phenoxy) is 1. The summed E-state index contributed by atoms with van der Waals surface area (Å²) in [6.45, 7) is 4.52. The Kier molecular flexibility index (Phi) is 9.74. The van der Waals surface area contributed by atoms with Crippen molar-refractivity contribution < 1.29 is 24.4 Å². The number of nitrogens with one attached hydrogen (secondary N) is 2. The van der Waals surface area contributed by atoms with Gasteiger partial charge in [-0.2, -0.15) is 0 Å². The van der Waals surface area contributed by atoms with Crippen LogP contribution in [0.25, 0.3) is 5.69 Å². The van der Waals surface area contributed by atoms with Crippen LogP contribution in [-0.4, -0.2) is 62.6 Å². The molecule has 0 fully saturated rings. The zero-order chi connectivity index (χ0) is 31.2. The summed E-state index contributed by atoms with van der Waals surface area (Å²) < 4.78 is 7.98. The van der Waals surface area contributed by atoms with Crippen molar-refractivity contribution in [3.05, 3.63) is 94.5 Å². The van der Waals surface area contributed by atoms with E-state index in [1.165, 1.54) is 6.07 Å².